The van der Waals surface area contributed by atoms with Crippen molar-refractivity contribution >= 4 is 11.9 Å². The Hall–Kier alpha value is -3.14. The van der Waals surface area contributed by atoms with E-state index in [9.17, 15) is 0 Å². The Balaban J connectivity index is 1.77. The number of anilines is 1. The van der Waals surface area contributed by atoms with E-state index >= 15 is 0 Å². The molecule has 2 aromatic carbocycles. The average Bonchev–Trinajstić information content (AvgIpc) is 3.03. The average molecular weight is 373 g/mol. The Bertz CT molecular complexity index is 1010. The molecule has 1 N–H and O–H groups in total. The molecular formula is C24H28N4. The third-order valence-electron chi connectivity index (χ3n) is 4.80. The summed E-state index contributed by atoms with van der Waals surface area (Å²) in [6, 6.07) is 8.74. The van der Waals surface area contributed by atoms with Crippen molar-refractivity contribution in [2.45, 2.75) is 41.5 Å². The third-order valence-corrected chi connectivity index (χ3v) is 4.80. The highest BCUT2D eigenvalue weighted by molar-refractivity contribution is 5.77. The number of hydrogen-bond acceptors (Lipinski definition) is 3. The van der Waals surface area contributed by atoms with Gasteiger partial charge < -0.3 is 5.32 Å². The van der Waals surface area contributed by atoms with Crippen molar-refractivity contribution in [3.05, 3.63) is 88.3 Å². The first-order valence-electron chi connectivity index (χ1n) is 9.51. The highest BCUT2D eigenvalue weighted by atomic mass is 15.1. The summed E-state index contributed by atoms with van der Waals surface area (Å²) in [6.45, 7) is 12.7. The van der Waals surface area contributed by atoms with E-state index in [1.165, 1.54) is 33.4 Å². The van der Waals surface area contributed by atoms with Crippen molar-refractivity contribution in [1.82, 2.24) is 9.55 Å². The summed E-state index contributed by atoms with van der Waals surface area (Å²) >= 11 is 0. The van der Waals surface area contributed by atoms with E-state index in [1.807, 2.05) is 12.4 Å². The van der Waals surface area contributed by atoms with Gasteiger partial charge in [0.05, 0.1) is 11.9 Å². The topological polar surface area (TPSA) is 42.2 Å². The van der Waals surface area contributed by atoms with Crippen LogP contribution in [0.2, 0.25) is 0 Å². The zero-order valence-corrected chi connectivity index (χ0v) is 17.5. The maximum atomic E-state index is 4.45. The Kier molecular flexibility index (Phi) is 5.78. The molecule has 4 heteroatoms. The number of nitrogens with zero attached hydrogens (tertiary/aromatic N) is 3. The molecule has 0 unspecified atom stereocenters. The lowest BCUT2D eigenvalue weighted by atomic mass is 10.0. The molecule has 0 aliphatic heterocycles. The van der Waals surface area contributed by atoms with Crippen molar-refractivity contribution in [3.63, 3.8) is 0 Å². The van der Waals surface area contributed by atoms with Crippen molar-refractivity contribution in [2.24, 2.45) is 4.99 Å². The van der Waals surface area contributed by atoms with Gasteiger partial charge in [0.25, 0.3) is 0 Å². The molecule has 0 aliphatic rings. The molecule has 0 aliphatic carbocycles. The van der Waals surface area contributed by atoms with E-state index in [0.29, 0.717) is 0 Å². The summed E-state index contributed by atoms with van der Waals surface area (Å²) in [5, 5.41) is 3.34. The molecule has 144 valence electrons. The number of aryl methyl sites for hydroxylation is 6. The van der Waals surface area contributed by atoms with Crippen LogP contribution in [0.25, 0.3) is 5.69 Å². The second-order valence-corrected chi connectivity index (χ2v) is 7.41. The Labute approximate surface area is 167 Å². The first kappa shape index (κ1) is 19.6. The molecule has 0 saturated heterocycles. The van der Waals surface area contributed by atoms with Gasteiger partial charge in [0.2, 0.25) is 0 Å². The van der Waals surface area contributed by atoms with E-state index in [4.69, 9.17) is 0 Å². The summed E-state index contributed by atoms with van der Waals surface area (Å²) < 4.78 is 2.09. The van der Waals surface area contributed by atoms with Crippen LogP contribution in [0.1, 0.15) is 39.2 Å². The van der Waals surface area contributed by atoms with Crippen LogP contribution in [-0.2, 0) is 0 Å². The molecule has 28 heavy (non-hydrogen) atoms. The molecule has 0 fully saturated rings. The first-order valence-corrected chi connectivity index (χ1v) is 9.51. The number of imidazole rings is 1. The van der Waals surface area contributed by atoms with E-state index in [-0.39, 0.29) is 0 Å². The smallest absolute Gasteiger partial charge is 0.155 e. The molecule has 0 bridgehead atoms. The van der Waals surface area contributed by atoms with Crippen molar-refractivity contribution in [2.75, 3.05) is 5.32 Å². The van der Waals surface area contributed by atoms with Gasteiger partial charge in [0, 0.05) is 30.5 Å². The van der Waals surface area contributed by atoms with E-state index < -0.39 is 0 Å². The number of aromatic nitrogens is 2. The summed E-state index contributed by atoms with van der Waals surface area (Å²) in [7, 11) is 0. The summed E-state index contributed by atoms with van der Waals surface area (Å²) in [5.74, 6) is 0.808. The molecule has 0 atom stereocenters. The van der Waals surface area contributed by atoms with Crippen LogP contribution in [0.15, 0.2) is 54.1 Å². The second-order valence-electron chi connectivity index (χ2n) is 7.41. The summed E-state index contributed by atoms with van der Waals surface area (Å²) in [6.07, 6.45) is 9.18. The zero-order chi connectivity index (χ0) is 20.3. The van der Waals surface area contributed by atoms with Crippen molar-refractivity contribution in [3.8, 4) is 5.69 Å². The fraction of sp³-hybridized carbons (Fsp3) is 0.250. The van der Waals surface area contributed by atoms with Crippen LogP contribution in [0.5, 0.6) is 0 Å². The van der Waals surface area contributed by atoms with Crippen LogP contribution in [-0.4, -0.2) is 15.8 Å². The van der Waals surface area contributed by atoms with Gasteiger partial charge in [-0.25, -0.2) is 4.98 Å². The number of hydrogen-bond donors (Lipinski definition) is 1. The molecule has 1 aromatic heterocycles. The SMILES string of the molecule is Cc1cc(C)c(N/C=C/N=Cc2nccn2-c2c(C)cc(C)cc2C)c(C)c1. The lowest BCUT2D eigenvalue weighted by Crippen LogP contribution is -2.04. The van der Waals surface area contributed by atoms with Crippen LogP contribution < -0.4 is 5.32 Å². The van der Waals surface area contributed by atoms with Crippen molar-refractivity contribution in [1.29, 1.82) is 0 Å². The molecule has 0 saturated carbocycles. The maximum absolute atomic E-state index is 4.45. The predicted molar refractivity (Wildman–Crippen MR) is 119 cm³/mol. The number of aliphatic imine (C=N–C) groups is 1. The standard InChI is InChI=1S/C24H28N4/c1-16-11-18(3)23(19(4)12-16)27-8-7-25-15-22-26-9-10-28(22)24-20(5)13-17(2)14-21(24)6/h7-15,27H,1-6H3/b8-7+,25-15?. The normalized spacial score (nSPS) is 11.6. The summed E-state index contributed by atoms with van der Waals surface area (Å²) in [4.78, 5) is 8.87. The third kappa shape index (κ3) is 4.22. The van der Waals surface area contributed by atoms with Crippen LogP contribution in [0.4, 0.5) is 5.69 Å². The van der Waals surface area contributed by atoms with E-state index in [2.05, 4.69) is 85.7 Å². The fourth-order valence-corrected chi connectivity index (χ4v) is 3.83. The van der Waals surface area contributed by atoms with Crippen LogP contribution in [0, 0.1) is 41.5 Å². The number of benzene rings is 2. The first-order chi connectivity index (χ1) is 13.4. The Morgan fingerprint density at radius 3 is 2.04 bits per heavy atom. The number of rotatable bonds is 5. The van der Waals surface area contributed by atoms with E-state index in [0.717, 1.165) is 17.2 Å². The van der Waals surface area contributed by atoms with Gasteiger partial charge in [-0.2, -0.15) is 0 Å². The monoisotopic (exact) mass is 372 g/mol. The molecule has 0 radical (unpaired) electrons. The Morgan fingerprint density at radius 2 is 1.43 bits per heavy atom. The summed E-state index contributed by atoms with van der Waals surface area (Å²) in [5.41, 5.74) is 9.75. The molecule has 3 rings (SSSR count). The van der Waals surface area contributed by atoms with Crippen LogP contribution in [0.3, 0.4) is 0 Å². The molecule has 1 heterocycles. The lowest BCUT2D eigenvalue weighted by Gasteiger charge is -2.13. The lowest BCUT2D eigenvalue weighted by molar-refractivity contribution is 1.01. The van der Waals surface area contributed by atoms with Gasteiger partial charge in [-0.05, 0) is 63.8 Å². The van der Waals surface area contributed by atoms with Gasteiger partial charge in [-0.3, -0.25) is 9.56 Å². The molecular weight excluding hydrogens is 344 g/mol. The van der Waals surface area contributed by atoms with Gasteiger partial charge in [0.15, 0.2) is 5.82 Å². The van der Waals surface area contributed by atoms with Gasteiger partial charge in [-0.1, -0.05) is 35.4 Å². The van der Waals surface area contributed by atoms with Crippen LogP contribution >= 0.6 is 0 Å². The number of nitrogens with one attached hydrogen (secondary N) is 1. The molecule has 0 amide bonds. The predicted octanol–water partition coefficient (Wildman–Crippen LogP) is 5.73. The van der Waals surface area contributed by atoms with Gasteiger partial charge in [-0.15, -0.1) is 0 Å². The maximum Gasteiger partial charge on any atom is 0.155 e. The zero-order valence-electron chi connectivity index (χ0n) is 17.5. The highest BCUT2D eigenvalue weighted by Crippen LogP contribution is 2.23. The minimum absolute atomic E-state index is 0.808. The molecule has 3 aromatic rings. The highest BCUT2D eigenvalue weighted by Gasteiger charge is 2.09. The van der Waals surface area contributed by atoms with Gasteiger partial charge in [0.1, 0.15) is 0 Å². The largest absolute Gasteiger partial charge is 0.360 e. The minimum atomic E-state index is 0.808. The quantitative estimate of drug-likeness (QED) is 0.582. The molecule has 4 nitrogen and oxygen atoms in total. The second kappa shape index (κ2) is 8.26. The minimum Gasteiger partial charge on any atom is -0.360 e. The van der Waals surface area contributed by atoms with Crippen molar-refractivity contribution < 1.29 is 0 Å². The fourth-order valence-electron chi connectivity index (χ4n) is 3.83. The van der Waals surface area contributed by atoms with E-state index in [1.54, 1.807) is 18.6 Å². The Morgan fingerprint density at radius 1 is 0.857 bits per heavy atom. The van der Waals surface area contributed by atoms with Gasteiger partial charge >= 0.3 is 0 Å². The molecule has 0 spiro atoms.